The Morgan fingerprint density at radius 1 is 0.727 bits per heavy atom. The summed E-state index contributed by atoms with van der Waals surface area (Å²) >= 11 is 0. The zero-order valence-electron chi connectivity index (χ0n) is 18.1. The molecular weight excluding hydrogens is 430 g/mol. The van der Waals surface area contributed by atoms with Gasteiger partial charge in [0, 0.05) is 27.5 Å². The number of fused-ring (bicyclic) bond motifs is 4. The smallest absolute Gasteiger partial charge is 0.208 e. The third-order valence-corrected chi connectivity index (χ3v) is 8.15. The van der Waals surface area contributed by atoms with Crippen molar-refractivity contribution in [2.75, 3.05) is 0 Å². The van der Waals surface area contributed by atoms with E-state index in [1.165, 1.54) is 6.07 Å². The van der Waals surface area contributed by atoms with Crippen molar-refractivity contribution < 1.29 is 13.2 Å². The predicted octanol–water partition coefficient (Wildman–Crippen LogP) is 6.05. The van der Waals surface area contributed by atoms with E-state index in [0.717, 1.165) is 27.6 Å². The van der Waals surface area contributed by atoms with Crippen molar-refractivity contribution in [3.05, 3.63) is 101 Å². The lowest BCUT2D eigenvalue weighted by molar-refractivity contribution is 0.104. The molecular formula is C28H19NO3S. The topological polar surface area (TPSA) is 64.1 Å². The number of hydrogen-bond donors (Lipinski definition) is 0. The summed E-state index contributed by atoms with van der Waals surface area (Å²) in [6, 6.07) is 23.4. The fourth-order valence-electron chi connectivity index (χ4n) is 4.71. The molecule has 0 saturated carbocycles. The Morgan fingerprint density at radius 2 is 1.42 bits per heavy atom. The molecule has 1 aliphatic rings. The second-order valence-electron chi connectivity index (χ2n) is 8.53. The van der Waals surface area contributed by atoms with Crippen LogP contribution in [0.5, 0.6) is 0 Å². The lowest BCUT2D eigenvalue weighted by Gasteiger charge is -2.22. The molecule has 0 fully saturated rings. The maximum atomic E-state index is 13.7. The van der Waals surface area contributed by atoms with Crippen LogP contribution in [-0.2, 0) is 9.84 Å². The largest absolute Gasteiger partial charge is 0.289 e. The minimum atomic E-state index is -3.85. The van der Waals surface area contributed by atoms with Gasteiger partial charge in [0.15, 0.2) is 5.78 Å². The molecule has 0 spiro atoms. The number of aromatic nitrogens is 1. The molecule has 0 atom stereocenters. The summed E-state index contributed by atoms with van der Waals surface area (Å²) in [5, 5.41) is 1.51. The lowest BCUT2D eigenvalue weighted by Crippen LogP contribution is -2.13. The summed E-state index contributed by atoms with van der Waals surface area (Å²) in [5.41, 5.74) is 5.86. The van der Waals surface area contributed by atoms with E-state index in [0.29, 0.717) is 27.5 Å². The van der Waals surface area contributed by atoms with E-state index >= 15 is 0 Å². The third-order valence-electron chi connectivity index (χ3n) is 6.35. The van der Waals surface area contributed by atoms with Crippen molar-refractivity contribution in [1.82, 2.24) is 4.98 Å². The van der Waals surface area contributed by atoms with Gasteiger partial charge in [0.2, 0.25) is 9.84 Å². The molecule has 0 bridgehead atoms. The fourth-order valence-corrected chi connectivity index (χ4v) is 6.11. The van der Waals surface area contributed by atoms with Crippen LogP contribution in [0.1, 0.15) is 27.0 Å². The maximum absolute atomic E-state index is 13.7. The number of nitrogens with zero attached hydrogens (tertiary/aromatic N) is 1. The van der Waals surface area contributed by atoms with Crippen LogP contribution >= 0.6 is 0 Å². The molecule has 0 amide bonds. The van der Waals surface area contributed by atoms with Crippen LogP contribution in [0.15, 0.2) is 88.7 Å². The maximum Gasteiger partial charge on any atom is 0.208 e. The van der Waals surface area contributed by atoms with Crippen molar-refractivity contribution >= 4 is 37.4 Å². The Balaban J connectivity index is 1.81. The SMILES string of the molecule is Cc1ccc(S(=O)(=O)c2ccc3c4c(c5cc(C)ccc5nc24)-c2ccccc2C3=O)cc1. The molecule has 1 aliphatic carbocycles. The second kappa shape index (κ2) is 6.83. The number of ketones is 1. The van der Waals surface area contributed by atoms with Crippen molar-refractivity contribution in [2.45, 2.75) is 23.6 Å². The van der Waals surface area contributed by atoms with Gasteiger partial charge in [-0.1, -0.05) is 53.6 Å². The molecule has 0 aliphatic heterocycles. The Labute approximate surface area is 191 Å². The molecule has 0 unspecified atom stereocenters. The summed E-state index contributed by atoms with van der Waals surface area (Å²) in [6.07, 6.45) is 0. The number of carbonyl (C=O) groups is 1. The highest BCUT2D eigenvalue weighted by Gasteiger charge is 2.31. The first-order valence-electron chi connectivity index (χ1n) is 10.7. The summed E-state index contributed by atoms with van der Waals surface area (Å²) in [4.78, 5) is 18.5. The van der Waals surface area contributed by atoms with Crippen LogP contribution in [0, 0.1) is 13.8 Å². The number of hydrogen-bond acceptors (Lipinski definition) is 4. The van der Waals surface area contributed by atoms with E-state index in [4.69, 9.17) is 4.98 Å². The lowest BCUT2D eigenvalue weighted by atomic mass is 9.82. The van der Waals surface area contributed by atoms with E-state index in [1.54, 1.807) is 30.3 Å². The van der Waals surface area contributed by atoms with Crippen LogP contribution in [0.2, 0.25) is 0 Å². The van der Waals surface area contributed by atoms with E-state index in [-0.39, 0.29) is 15.6 Å². The molecule has 4 nitrogen and oxygen atoms in total. The molecule has 1 heterocycles. The minimum absolute atomic E-state index is 0.112. The normalized spacial score (nSPS) is 12.8. The van der Waals surface area contributed by atoms with Gasteiger partial charge in [-0.05, 0) is 55.8 Å². The number of carbonyl (C=O) groups excluding carboxylic acids is 1. The Hall–Kier alpha value is -3.83. The average Bonchev–Trinajstić information content (AvgIpc) is 2.81. The number of aryl methyl sites for hydroxylation is 2. The standard InChI is InChI=1S/C28H19NO3S/c1-16-7-10-18(11-8-16)33(31,32)24-14-12-21-26-25(19-5-3-4-6-20(19)28(21)30)22-15-17(2)9-13-23(22)29-27(24)26/h3-15H,1-2H3. The van der Waals surface area contributed by atoms with Crippen molar-refractivity contribution in [2.24, 2.45) is 0 Å². The monoisotopic (exact) mass is 449 g/mol. The van der Waals surface area contributed by atoms with Crippen LogP contribution in [0.4, 0.5) is 0 Å². The van der Waals surface area contributed by atoms with Crippen LogP contribution in [0.25, 0.3) is 32.9 Å². The van der Waals surface area contributed by atoms with Gasteiger partial charge in [0.25, 0.3) is 0 Å². The van der Waals surface area contributed by atoms with Crippen molar-refractivity contribution in [3.8, 4) is 11.1 Å². The quantitative estimate of drug-likeness (QED) is 0.302. The molecule has 6 rings (SSSR count). The molecule has 5 heteroatoms. The predicted molar refractivity (Wildman–Crippen MR) is 129 cm³/mol. The summed E-state index contributed by atoms with van der Waals surface area (Å²) < 4.78 is 27.4. The molecule has 0 saturated heterocycles. The molecule has 1 aromatic heterocycles. The molecule has 5 aromatic rings. The first-order valence-corrected chi connectivity index (χ1v) is 12.2. The van der Waals surface area contributed by atoms with Gasteiger partial charge < -0.3 is 0 Å². The Morgan fingerprint density at radius 3 is 2.18 bits per heavy atom. The zero-order chi connectivity index (χ0) is 22.9. The first kappa shape index (κ1) is 19.8. The van der Waals surface area contributed by atoms with E-state index in [1.807, 2.05) is 50.2 Å². The summed E-state index contributed by atoms with van der Waals surface area (Å²) in [5.74, 6) is -0.115. The fraction of sp³-hybridized carbons (Fsp3) is 0.0714. The van der Waals surface area contributed by atoms with Crippen LogP contribution in [0.3, 0.4) is 0 Å². The van der Waals surface area contributed by atoms with E-state index in [9.17, 15) is 13.2 Å². The molecule has 0 radical (unpaired) electrons. The number of sulfone groups is 1. The minimum Gasteiger partial charge on any atom is -0.289 e. The van der Waals surface area contributed by atoms with Gasteiger partial charge in [0.1, 0.15) is 0 Å². The van der Waals surface area contributed by atoms with Gasteiger partial charge in [-0.25, -0.2) is 13.4 Å². The highest BCUT2D eigenvalue weighted by molar-refractivity contribution is 7.91. The molecule has 160 valence electrons. The van der Waals surface area contributed by atoms with Crippen molar-refractivity contribution in [3.63, 3.8) is 0 Å². The number of rotatable bonds is 2. The molecule has 0 N–H and O–H groups in total. The Bertz CT molecular complexity index is 1750. The van der Waals surface area contributed by atoms with Gasteiger partial charge in [-0.15, -0.1) is 0 Å². The molecule has 33 heavy (non-hydrogen) atoms. The number of benzene rings is 4. The van der Waals surface area contributed by atoms with Crippen molar-refractivity contribution in [1.29, 1.82) is 0 Å². The summed E-state index contributed by atoms with van der Waals surface area (Å²) in [6.45, 7) is 3.92. The first-order chi connectivity index (χ1) is 15.9. The van der Waals surface area contributed by atoms with E-state index in [2.05, 4.69) is 6.07 Å². The van der Waals surface area contributed by atoms with Gasteiger partial charge >= 0.3 is 0 Å². The van der Waals surface area contributed by atoms with Gasteiger partial charge in [-0.2, -0.15) is 0 Å². The third kappa shape index (κ3) is 2.79. The highest BCUT2D eigenvalue weighted by Crippen LogP contribution is 2.45. The number of pyridine rings is 1. The summed E-state index contributed by atoms with van der Waals surface area (Å²) in [7, 11) is -3.85. The van der Waals surface area contributed by atoms with Gasteiger partial charge in [-0.3, -0.25) is 4.79 Å². The van der Waals surface area contributed by atoms with Gasteiger partial charge in [0.05, 0.1) is 20.8 Å². The van der Waals surface area contributed by atoms with Crippen LogP contribution < -0.4 is 0 Å². The second-order valence-corrected chi connectivity index (χ2v) is 10.5. The zero-order valence-corrected chi connectivity index (χ0v) is 18.9. The van der Waals surface area contributed by atoms with E-state index < -0.39 is 9.84 Å². The average molecular weight is 450 g/mol. The molecule has 4 aromatic carbocycles. The van der Waals surface area contributed by atoms with Crippen LogP contribution in [-0.4, -0.2) is 19.2 Å². The highest BCUT2D eigenvalue weighted by atomic mass is 32.2. The Kier molecular flexibility index (Phi) is 4.10.